The molecule has 2 heterocycles. The largest absolute Gasteiger partial charge is 0.420 e. The van der Waals surface area contributed by atoms with E-state index in [4.69, 9.17) is 10.5 Å². The van der Waals surface area contributed by atoms with Crippen LogP contribution >= 0.6 is 0 Å². The first-order chi connectivity index (χ1) is 13.8. The molecule has 3 N–H and O–H groups in total. The molecule has 0 unspecified atom stereocenters. The summed E-state index contributed by atoms with van der Waals surface area (Å²) in [5.41, 5.74) is 10.1. The highest BCUT2D eigenvalue weighted by Gasteiger charge is 2.35. The molecule has 0 saturated carbocycles. The Morgan fingerprint density at radius 1 is 0.964 bits per heavy atom. The second kappa shape index (κ2) is 6.29. The van der Waals surface area contributed by atoms with Crippen molar-refractivity contribution in [3.8, 4) is 23.2 Å². The molecule has 0 aliphatic carbocycles. The van der Waals surface area contributed by atoms with Crippen molar-refractivity contribution in [1.82, 2.24) is 10.2 Å². The Labute approximate surface area is 161 Å². The number of benzene rings is 3. The van der Waals surface area contributed by atoms with Crippen LogP contribution in [0.5, 0.6) is 5.88 Å². The summed E-state index contributed by atoms with van der Waals surface area (Å²) in [7, 11) is 0. The molecule has 0 amide bonds. The number of aromatic amines is 1. The molecular weight excluding hydrogens is 348 g/mol. The molecule has 5 nitrogen and oxygen atoms in total. The van der Waals surface area contributed by atoms with Gasteiger partial charge in [-0.05, 0) is 16.3 Å². The van der Waals surface area contributed by atoms with E-state index in [-0.39, 0.29) is 11.8 Å². The second-order valence-corrected chi connectivity index (χ2v) is 6.68. The standard InChI is InChI=1S/C23H16N4O/c24-13-18-19(15-8-2-1-3-9-15)20-21(26-27-23(20)28-22(18)25)17-12-6-10-14-7-4-5-11-16(14)17/h1-12,19H,25H2,(H,26,27)/t19-/m1/s1. The predicted octanol–water partition coefficient (Wildman–Crippen LogP) is 4.45. The molecule has 5 heteroatoms. The van der Waals surface area contributed by atoms with Gasteiger partial charge in [-0.1, -0.05) is 72.8 Å². The van der Waals surface area contributed by atoms with Gasteiger partial charge in [0.1, 0.15) is 11.6 Å². The van der Waals surface area contributed by atoms with Crippen LogP contribution in [0, 0.1) is 11.3 Å². The summed E-state index contributed by atoms with van der Waals surface area (Å²) in [5.74, 6) is 0.163. The van der Waals surface area contributed by atoms with E-state index in [1.807, 2.05) is 54.6 Å². The summed E-state index contributed by atoms with van der Waals surface area (Å²) in [6.07, 6.45) is 0. The third kappa shape index (κ3) is 2.36. The van der Waals surface area contributed by atoms with Gasteiger partial charge in [0.05, 0.1) is 17.2 Å². The highest BCUT2D eigenvalue weighted by Crippen LogP contribution is 2.46. The maximum absolute atomic E-state index is 9.79. The van der Waals surface area contributed by atoms with Crippen molar-refractivity contribution in [1.29, 1.82) is 5.26 Å². The van der Waals surface area contributed by atoms with Crippen LogP contribution in [0.1, 0.15) is 17.0 Å². The van der Waals surface area contributed by atoms with Gasteiger partial charge in [0.2, 0.25) is 11.8 Å². The Kier molecular flexibility index (Phi) is 3.63. The minimum absolute atomic E-state index is 0.0971. The quantitative estimate of drug-likeness (QED) is 0.550. The van der Waals surface area contributed by atoms with Gasteiger partial charge in [-0.15, -0.1) is 5.10 Å². The van der Waals surface area contributed by atoms with Gasteiger partial charge in [-0.3, -0.25) is 5.10 Å². The summed E-state index contributed by atoms with van der Waals surface area (Å²) in [6, 6.07) is 26.4. The fourth-order valence-corrected chi connectivity index (χ4v) is 3.87. The highest BCUT2D eigenvalue weighted by atomic mass is 16.5. The van der Waals surface area contributed by atoms with Crippen molar-refractivity contribution in [3.05, 3.63) is 95.4 Å². The van der Waals surface area contributed by atoms with Crippen molar-refractivity contribution < 1.29 is 4.74 Å². The number of nitriles is 1. The third-order valence-electron chi connectivity index (χ3n) is 5.13. The van der Waals surface area contributed by atoms with Crippen LogP contribution in [0.15, 0.2) is 84.3 Å². The Bertz CT molecular complexity index is 1260. The number of nitrogens with zero attached hydrogens (tertiary/aromatic N) is 2. The van der Waals surface area contributed by atoms with Crippen LogP contribution in [0.25, 0.3) is 22.0 Å². The summed E-state index contributed by atoms with van der Waals surface area (Å²) in [4.78, 5) is 0. The van der Waals surface area contributed by atoms with Gasteiger partial charge in [-0.2, -0.15) is 5.26 Å². The van der Waals surface area contributed by atoms with E-state index in [2.05, 4.69) is 34.5 Å². The molecule has 0 bridgehead atoms. The van der Waals surface area contributed by atoms with Gasteiger partial charge >= 0.3 is 0 Å². The van der Waals surface area contributed by atoms with Crippen LogP contribution in [-0.4, -0.2) is 10.2 Å². The average molecular weight is 364 g/mol. The molecular formula is C23H16N4O. The molecule has 1 atom stereocenters. The maximum atomic E-state index is 9.79. The topological polar surface area (TPSA) is 87.7 Å². The van der Waals surface area contributed by atoms with Crippen molar-refractivity contribution in [3.63, 3.8) is 0 Å². The van der Waals surface area contributed by atoms with Gasteiger partial charge in [0.25, 0.3) is 0 Å². The van der Waals surface area contributed by atoms with Crippen LogP contribution < -0.4 is 10.5 Å². The minimum Gasteiger partial charge on any atom is -0.420 e. The van der Waals surface area contributed by atoms with E-state index >= 15 is 0 Å². The fourth-order valence-electron chi connectivity index (χ4n) is 3.87. The molecule has 3 aromatic carbocycles. The van der Waals surface area contributed by atoms with E-state index in [9.17, 15) is 5.26 Å². The maximum Gasteiger partial charge on any atom is 0.244 e. The number of hydrogen-bond acceptors (Lipinski definition) is 4. The Hall–Kier alpha value is -4.04. The number of allylic oxidation sites excluding steroid dienone is 1. The van der Waals surface area contributed by atoms with Crippen LogP contribution in [0.4, 0.5) is 0 Å². The summed E-state index contributed by atoms with van der Waals surface area (Å²) in [6.45, 7) is 0. The lowest BCUT2D eigenvalue weighted by Gasteiger charge is -2.24. The van der Waals surface area contributed by atoms with Crippen molar-refractivity contribution in [2.75, 3.05) is 0 Å². The van der Waals surface area contributed by atoms with Gasteiger partial charge in [-0.25, -0.2) is 0 Å². The number of hydrogen-bond donors (Lipinski definition) is 2. The number of ether oxygens (including phenoxy) is 1. The summed E-state index contributed by atoms with van der Waals surface area (Å²) < 4.78 is 5.69. The molecule has 134 valence electrons. The molecule has 1 aliphatic heterocycles. The number of nitrogens with two attached hydrogens (primary N) is 1. The normalized spacial score (nSPS) is 15.8. The molecule has 1 aliphatic rings. The van der Waals surface area contributed by atoms with Gasteiger partial charge in [0.15, 0.2) is 0 Å². The van der Waals surface area contributed by atoms with Crippen molar-refractivity contribution in [2.45, 2.75) is 5.92 Å². The van der Waals surface area contributed by atoms with Gasteiger partial charge in [0, 0.05) is 5.56 Å². The lowest BCUT2D eigenvalue weighted by molar-refractivity contribution is 0.379. The molecule has 0 saturated heterocycles. The monoisotopic (exact) mass is 364 g/mol. The van der Waals surface area contributed by atoms with Crippen molar-refractivity contribution in [2.24, 2.45) is 5.73 Å². The minimum atomic E-state index is -0.345. The molecule has 28 heavy (non-hydrogen) atoms. The van der Waals surface area contributed by atoms with Gasteiger partial charge < -0.3 is 10.5 Å². The van der Waals surface area contributed by atoms with E-state index < -0.39 is 0 Å². The number of nitrogens with one attached hydrogen (secondary N) is 1. The Morgan fingerprint density at radius 3 is 2.54 bits per heavy atom. The number of fused-ring (bicyclic) bond motifs is 2. The van der Waals surface area contributed by atoms with Crippen LogP contribution in [-0.2, 0) is 0 Å². The Morgan fingerprint density at radius 2 is 1.71 bits per heavy atom. The molecule has 0 spiro atoms. The first kappa shape index (κ1) is 16.2. The lowest BCUT2D eigenvalue weighted by Crippen LogP contribution is -2.20. The zero-order chi connectivity index (χ0) is 19.1. The first-order valence-electron chi connectivity index (χ1n) is 8.97. The molecule has 0 fully saturated rings. The average Bonchev–Trinajstić information content (AvgIpc) is 3.16. The molecule has 0 radical (unpaired) electrons. The lowest BCUT2D eigenvalue weighted by atomic mass is 9.82. The highest BCUT2D eigenvalue weighted by molar-refractivity contribution is 5.97. The fraction of sp³-hybridized carbons (Fsp3) is 0.0435. The third-order valence-corrected chi connectivity index (χ3v) is 5.13. The predicted molar refractivity (Wildman–Crippen MR) is 107 cm³/mol. The molecule has 5 rings (SSSR count). The van der Waals surface area contributed by atoms with E-state index in [0.29, 0.717) is 11.5 Å². The number of aromatic nitrogens is 2. The number of rotatable bonds is 2. The Balaban J connectivity index is 1.80. The number of H-pyrrole nitrogens is 1. The zero-order valence-electron chi connectivity index (χ0n) is 14.9. The molecule has 1 aromatic heterocycles. The SMILES string of the molecule is N#CC1=C(N)Oc2n[nH]c(-c3cccc4ccccc34)c2[C@@H]1c1ccccc1. The van der Waals surface area contributed by atoms with Crippen LogP contribution in [0.3, 0.4) is 0 Å². The smallest absolute Gasteiger partial charge is 0.244 e. The first-order valence-corrected chi connectivity index (χ1v) is 8.97. The van der Waals surface area contributed by atoms with E-state index in [1.165, 1.54) is 0 Å². The van der Waals surface area contributed by atoms with E-state index in [0.717, 1.165) is 33.2 Å². The molecule has 4 aromatic rings. The summed E-state index contributed by atoms with van der Waals surface area (Å²) >= 11 is 0. The summed E-state index contributed by atoms with van der Waals surface area (Å²) in [5, 5.41) is 19.5. The van der Waals surface area contributed by atoms with Crippen molar-refractivity contribution >= 4 is 10.8 Å². The van der Waals surface area contributed by atoms with E-state index in [1.54, 1.807) is 0 Å². The second-order valence-electron chi connectivity index (χ2n) is 6.68. The zero-order valence-corrected chi connectivity index (χ0v) is 14.9. The van der Waals surface area contributed by atoms with Crippen LogP contribution in [0.2, 0.25) is 0 Å².